The molecule has 34 heavy (non-hydrogen) atoms. The number of fused-ring (bicyclic) bond motifs is 5. The SMILES string of the molecule is CCc1ccc(C2CN3C(=O)CN(Cc4ccco4)C(=O)C3(C)c3[nH]c4ccccc4c32)cc1. The number of nitrogens with zero attached hydrogens (tertiary/aromatic N) is 2. The van der Waals surface area contributed by atoms with Gasteiger partial charge in [0.1, 0.15) is 12.3 Å². The van der Waals surface area contributed by atoms with Gasteiger partial charge >= 0.3 is 0 Å². The first-order valence-electron chi connectivity index (χ1n) is 11.8. The number of amides is 2. The first kappa shape index (κ1) is 20.8. The lowest BCUT2D eigenvalue weighted by Gasteiger charge is -2.51. The first-order chi connectivity index (χ1) is 16.5. The standard InChI is InChI=1S/C28H27N3O3/c1-3-18-10-12-19(13-11-18)22-16-31-24(32)17-30(15-20-7-6-14-34-20)27(33)28(31,2)26-25(22)21-8-4-5-9-23(21)29-26/h4-14,22,29H,3,15-17H2,1-2H3. The van der Waals surface area contributed by atoms with Crippen molar-refractivity contribution >= 4 is 22.7 Å². The Labute approximate surface area is 198 Å². The van der Waals surface area contributed by atoms with Crippen LogP contribution in [0.3, 0.4) is 0 Å². The van der Waals surface area contributed by atoms with Gasteiger partial charge in [-0.3, -0.25) is 9.59 Å². The number of carbonyl (C=O) groups is 2. The zero-order valence-corrected chi connectivity index (χ0v) is 19.4. The summed E-state index contributed by atoms with van der Waals surface area (Å²) in [4.78, 5) is 34.4. The summed E-state index contributed by atoms with van der Waals surface area (Å²) < 4.78 is 5.47. The molecule has 2 aromatic carbocycles. The molecule has 0 radical (unpaired) electrons. The fraction of sp³-hybridized carbons (Fsp3) is 0.286. The van der Waals surface area contributed by atoms with Gasteiger partial charge in [0.25, 0.3) is 5.91 Å². The summed E-state index contributed by atoms with van der Waals surface area (Å²) in [5, 5.41) is 1.10. The van der Waals surface area contributed by atoms with Gasteiger partial charge in [-0.15, -0.1) is 0 Å². The predicted octanol–water partition coefficient (Wildman–Crippen LogP) is 4.56. The molecule has 6 nitrogen and oxygen atoms in total. The van der Waals surface area contributed by atoms with E-state index in [9.17, 15) is 9.59 Å². The molecule has 0 spiro atoms. The van der Waals surface area contributed by atoms with E-state index < -0.39 is 5.54 Å². The van der Waals surface area contributed by atoms with E-state index >= 15 is 0 Å². The highest BCUT2D eigenvalue weighted by atomic mass is 16.3. The maximum atomic E-state index is 14.0. The van der Waals surface area contributed by atoms with E-state index in [4.69, 9.17) is 4.42 Å². The molecule has 2 amide bonds. The molecule has 4 aromatic rings. The fourth-order valence-electron chi connectivity index (χ4n) is 5.68. The Morgan fingerprint density at radius 2 is 1.85 bits per heavy atom. The highest BCUT2D eigenvalue weighted by Crippen LogP contribution is 2.48. The second-order valence-electron chi connectivity index (χ2n) is 9.42. The lowest BCUT2D eigenvalue weighted by Crippen LogP contribution is -2.67. The minimum absolute atomic E-state index is 0.0153. The maximum Gasteiger partial charge on any atom is 0.255 e. The van der Waals surface area contributed by atoms with E-state index in [2.05, 4.69) is 42.2 Å². The number of benzene rings is 2. The molecule has 2 aliphatic heterocycles. The summed E-state index contributed by atoms with van der Waals surface area (Å²) in [7, 11) is 0. The molecule has 0 saturated carbocycles. The molecular formula is C28H27N3O3. The number of piperazine rings is 1. The van der Waals surface area contributed by atoms with Crippen molar-refractivity contribution in [1.82, 2.24) is 14.8 Å². The van der Waals surface area contributed by atoms with Crippen LogP contribution in [0.1, 0.15) is 47.9 Å². The van der Waals surface area contributed by atoms with Gasteiger partial charge in [-0.25, -0.2) is 0 Å². The summed E-state index contributed by atoms with van der Waals surface area (Å²) in [6, 6.07) is 20.4. The second kappa shape index (κ2) is 7.62. The van der Waals surface area contributed by atoms with Crippen LogP contribution in [0.25, 0.3) is 10.9 Å². The third-order valence-electron chi connectivity index (χ3n) is 7.53. The number of furan rings is 1. The van der Waals surface area contributed by atoms with Crippen LogP contribution >= 0.6 is 0 Å². The van der Waals surface area contributed by atoms with Gasteiger partial charge in [-0.05, 0) is 48.2 Å². The van der Waals surface area contributed by atoms with Gasteiger partial charge in [0, 0.05) is 23.4 Å². The number of hydrogen-bond acceptors (Lipinski definition) is 3. The van der Waals surface area contributed by atoms with Crippen molar-refractivity contribution in [3.8, 4) is 0 Å². The largest absolute Gasteiger partial charge is 0.467 e. The van der Waals surface area contributed by atoms with Gasteiger partial charge < -0.3 is 19.2 Å². The van der Waals surface area contributed by atoms with Crippen molar-refractivity contribution < 1.29 is 14.0 Å². The molecule has 2 atom stereocenters. The lowest BCUT2D eigenvalue weighted by atomic mass is 9.76. The number of carbonyl (C=O) groups excluding carboxylic acids is 2. The Hall–Kier alpha value is -3.80. The maximum absolute atomic E-state index is 14.0. The molecule has 0 bridgehead atoms. The van der Waals surface area contributed by atoms with Crippen LogP contribution in [-0.4, -0.2) is 39.7 Å². The molecule has 2 aromatic heterocycles. The Kier molecular flexibility index (Phi) is 4.66. The van der Waals surface area contributed by atoms with Gasteiger partial charge in [-0.1, -0.05) is 49.4 Å². The third-order valence-corrected chi connectivity index (χ3v) is 7.53. The normalized spacial score (nSPS) is 22.2. The van der Waals surface area contributed by atoms with Crippen molar-refractivity contribution in [1.29, 1.82) is 0 Å². The molecule has 2 unspecified atom stereocenters. The van der Waals surface area contributed by atoms with E-state index in [0.717, 1.165) is 34.1 Å². The molecule has 1 saturated heterocycles. The number of H-pyrrole nitrogens is 1. The van der Waals surface area contributed by atoms with Crippen LogP contribution in [0.15, 0.2) is 71.3 Å². The van der Waals surface area contributed by atoms with Gasteiger partial charge in [-0.2, -0.15) is 0 Å². The van der Waals surface area contributed by atoms with Gasteiger partial charge in [0.15, 0.2) is 5.54 Å². The molecule has 1 N–H and O–H groups in total. The Balaban J connectivity index is 1.52. The van der Waals surface area contributed by atoms with Crippen LogP contribution < -0.4 is 0 Å². The monoisotopic (exact) mass is 453 g/mol. The zero-order valence-electron chi connectivity index (χ0n) is 19.4. The molecule has 1 fully saturated rings. The number of aryl methyl sites for hydroxylation is 1. The quantitative estimate of drug-likeness (QED) is 0.493. The van der Waals surface area contributed by atoms with Gasteiger partial charge in [0.2, 0.25) is 5.91 Å². The Morgan fingerprint density at radius 1 is 1.06 bits per heavy atom. The van der Waals surface area contributed by atoms with Crippen LogP contribution in [0.4, 0.5) is 0 Å². The fourth-order valence-corrected chi connectivity index (χ4v) is 5.68. The molecule has 172 valence electrons. The Morgan fingerprint density at radius 3 is 2.59 bits per heavy atom. The minimum atomic E-state index is -1.10. The van der Waals surface area contributed by atoms with Crippen molar-refractivity contribution in [3.63, 3.8) is 0 Å². The Bertz CT molecular complexity index is 1390. The first-order valence-corrected chi connectivity index (χ1v) is 11.8. The topological polar surface area (TPSA) is 69.6 Å². The number of rotatable bonds is 4. The van der Waals surface area contributed by atoms with Crippen molar-refractivity contribution in [2.24, 2.45) is 0 Å². The number of hydrogen-bond donors (Lipinski definition) is 1. The number of aromatic amines is 1. The lowest BCUT2D eigenvalue weighted by molar-refractivity contribution is -0.167. The number of nitrogens with one attached hydrogen (secondary N) is 1. The van der Waals surface area contributed by atoms with E-state index in [1.54, 1.807) is 22.1 Å². The van der Waals surface area contributed by atoms with Crippen molar-refractivity contribution in [2.45, 2.75) is 38.3 Å². The summed E-state index contributed by atoms with van der Waals surface area (Å²) in [5.41, 5.74) is 4.24. The smallest absolute Gasteiger partial charge is 0.255 e. The van der Waals surface area contributed by atoms with Crippen molar-refractivity contribution in [2.75, 3.05) is 13.1 Å². The van der Waals surface area contributed by atoms with E-state index in [1.807, 2.05) is 31.2 Å². The number of aromatic nitrogens is 1. The summed E-state index contributed by atoms with van der Waals surface area (Å²) in [6.07, 6.45) is 2.57. The zero-order chi connectivity index (χ0) is 23.4. The second-order valence-corrected chi connectivity index (χ2v) is 9.42. The molecule has 4 heterocycles. The average Bonchev–Trinajstić information content (AvgIpc) is 3.51. The van der Waals surface area contributed by atoms with Crippen LogP contribution in [0.5, 0.6) is 0 Å². The van der Waals surface area contributed by atoms with Gasteiger partial charge in [0.05, 0.1) is 18.5 Å². The highest BCUT2D eigenvalue weighted by Gasteiger charge is 2.56. The minimum Gasteiger partial charge on any atom is -0.467 e. The van der Waals surface area contributed by atoms with Crippen LogP contribution in [0, 0.1) is 0 Å². The molecule has 6 rings (SSSR count). The molecular weight excluding hydrogens is 426 g/mol. The summed E-state index contributed by atoms with van der Waals surface area (Å²) in [6.45, 7) is 4.82. The number of para-hydroxylation sites is 1. The van der Waals surface area contributed by atoms with E-state index in [-0.39, 0.29) is 30.8 Å². The summed E-state index contributed by atoms with van der Waals surface area (Å²) in [5.74, 6) is 0.516. The predicted molar refractivity (Wildman–Crippen MR) is 129 cm³/mol. The van der Waals surface area contributed by atoms with E-state index in [0.29, 0.717) is 12.3 Å². The molecule has 6 heteroatoms. The third kappa shape index (κ3) is 2.94. The van der Waals surface area contributed by atoms with Crippen LogP contribution in [0.2, 0.25) is 0 Å². The van der Waals surface area contributed by atoms with E-state index in [1.165, 1.54) is 5.56 Å². The molecule has 0 aliphatic carbocycles. The molecule has 2 aliphatic rings. The summed E-state index contributed by atoms with van der Waals surface area (Å²) >= 11 is 0. The van der Waals surface area contributed by atoms with Crippen LogP contribution in [-0.2, 0) is 28.1 Å². The average molecular weight is 454 g/mol. The van der Waals surface area contributed by atoms with Crippen molar-refractivity contribution in [3.05, 3.63) is 95.1 Å². The highest BCUT2D eigenvalue weighted by molar-refractivity contribution is 6.01.